The normalized spacial score (nSPS) is 9.25. The van der Waals surface area contributed by atoms with Crippen molar-refractivity contribution in [3.8, 4) is 0 Å². The molecule has 0 bridgehead atoms. The van der Waals surface area contributed by atoms with Gasteiger partial charge in [-0.15, -0.1) is 0 Å². The first-order chi connectivity index (χ1) is 5.86. The van der Waals surface area contributed by atoms with E-state index in [1.807, 2.05) is 20.8 Å². The van der Waals surface area contributed by atoms with E-state index in [0.29, 0.717) is 0 Å². The van der Waals surface area contributed by atoms with Gasteiger partial charge in [0.25, 0.3) is 0 Å². The number of H-pyrrole nitrogens is 1. The van der Waals surface area contributed by atoms with Gasteiger partial charge in [0.2, 0.25) is 0 Å². The maximum Gasteiger partial charge on any atom is 0.174 e. The molecule has 0 fully saturated rings. The average molecular weight is 164 g/mol. The summed E-state index contributed by atoms with van der Waals surface area (Å²) in [5.41, 5.74) is 2.47. The highest BCUT2D eigenvalue weighted by atomic mass is 15.1. The molecule has 0 aromatic carbocycles. The van der Waals surface area contributed by atoms with Crippen molar-refractivity contribution in [2.45, 2.75) is 20.8 Å². The van der Waals surface area contributed by atoms with Crippen LogP contribution in [0.15, 0.2) is 12.4 Å². The lowest BCUT2D eigenvalue weighted by atomic mass is 10.5. The second-order valence-corrected chi connectivity index (χ2v) is 2.12. The van der Waals surface area contributed by atoms with E-state index in [2.05, 4.69) is 20.2 Å². The van der Waals surface area contributed by atoms with Crippen molar-refractivity contribution in [3.63, 3.8) is 0 Å². The van der Waals surface area contributed by atoms with Gasteiger partial charge in [0, 0.05) is 0 Å². The fourth-order valence-electron chi connectivity index (χ4n) is 0.827. The van der Waals surface area contributed by atoms with Gasteiger partial charge >= 0.3 is 0 Å². The molecule has 2 heterocycles. The smallest absolute Gasteiger partial charge is 0.174 e. The number of aryl methyl sites for hydroxylation is 1. The Morgan fingerprint density at radius 3 is 2.75 bits per heavy atom. The molecule has 12 heavy (non-hydrogen) atoms. The number of hydrogen-bond acceptors (Lipinski definition) is 3. The highest BCUT2D eigenvalue weighted by Crippen LogP contribution is 2.02. The summed E-state index contributed by atoms with van der Waals surface area (Å²) < 4.78 is 0. The molecule has 1 N–H and O–H groups in total. The van der Waals surface area contributed by atoms with E-state index >= 15 is 0 Å². The Hall–Kier alpha value is -1.45. The Labute approximate surface area is 71.1 Å². The van der Waals surface area contributed by atoms with Crippen LogP contribution >= 0.6 is 0 Å². The van der Waals surface area contributed by atoms with E-state index in [1.54, 1.807) is 12.4 Å². The van der Waals surface area contributed by atoms with E-state index in [1.165, 1.54) is 0 Å². The van der Waals surface area contributed by atoms with Crippen LogP contribution in [0.4, 0.5) is 0 Å². The number of aromatic amines is 1. The van der Waals surface area contributed by atoms with Crippen LogP contribution in [0.2, 0.25) is 0 Å². The molecule has 2 aromatic heterocycles. The molecule has 0 atom stereocenters. The van der Waals surface area contributed by atoms with Crippen LogP contribution in [-0.4, -0.2) is 20.2 Å². The van der Waals surface area contributed by atoms with Crippen molar-refractivity contribution in [1.29, 1.82) is 0 Å². The van der Waals surface area contributed by atoms with Crippen molar-refractivity contribution >= 4 is 11.2 Å². The molecule has 0 unspecified atom stereocenters. The molecule has 0 aliphatic rings. The third-order valence-electron chi connectivity index (χ3n) is 1.28. The van der Waals surface area contributed by atoms with Crippen molar-refractivity contribution in [2.75, 3.05) is 0 Å². The number of hydrogen-bond donors (Lipinski definition) is 1. The van der Waals surface area contributed by atoms with Gasteiger partial charge in [-0.25, -0.2) is 9.97 Å². The Morgan fingerprint density at radius 2 is 2.00 bits per heavy atom. The van der Waals surface area contributed by atoms with E-state index in [4.69, 9.17) is 0 Å². The van der Waals surface area contributed by atoms with Crippen LogP contribution in [0, 0.1) is 6.92 Å². The average Bonchev–Trinajstić information content (AvgIpc) is 2.54. The van der Waals surface area contributed by atoms with Gasteiger partial charge in [-0.3, -0.25) is 5.10 Å². The second-order valence-electron chi connectivity index (χ2n) is 2.12. The van der Waals surface area contributed by atoms with Crippen molar-refractivity contribution in [2.24, 2.45) is 0 Å². The number of nitrogens with zero attached hydrogens (tertiary/aromatic N) is 3. The summed E-state index contributed by atoms with van der Waals surface area (Å²) >= 11 is 0. The fourth-order valence-corrected chi connectivity index (χ4v) is 0.827. The Morgan fingerprint density at radius 1 is 1.25 bits per heavy atom. The highest BCUT2D eigenvalue weighted by molar-refractivity contribution is 5.67. The maximum absolute atomic E-state index is 4.18. The van der Waals surface area contributed by atoms with Crippen LogP contribution in [0.25, 0.3) is 11.2 Å². The predicted octanol–water partition coefficient (Wildman–Crippen LogP) is 1.69. The van der Waals surface area contributed by atoms with E-state index in [9.17, 15) is 0 Å². The summed E-state index contributed by atoms with van der Waals surface area (Å²) in [5.74, 6) is 0. The van der Waals surface area contributed by atoms with Crippen LogP contribution in [0.1, 0.15) is 19.5 Å². The molecular formula is C8H12N4. The number of nitrogens with one attached hydrogen (secondary N) is 1. The lowest BCUT2D eigenvalue weighted by molar-refractivity contribution is 1.09. The van der Waals surface area contributed by atoms with Gasteiger partial charge in [-0.05, 0) is 6.92 Å². The van der Waals surface area contributed by atoms with Crippen molar-refractivity contribution in [1.82, 2.24) is 20.2 Å². The molecule has 2 rings (SSSR count). The number of rotatable bonds is 0. The first-order valence-electron chi connectivity index (χ1n) is 3.99. The van der Waals surface area contributed by atoms with Crippen LogP contribution < -0.4 is 0 Å². The predicted molar refractivity (Wildman–Crippen MR) is 47.8 cm³/mol. The van der Waals surface area contributed by atoms with Crippen LogP contribution in [0.3, 0.4) is 0 Å². The van der Waals surface area contributed by atoms with Gasteiger partial charge in [0.15, 0.2) is 5.65 Å². The van der Waals surface area contributed by atoms with Gasteiger partial charge in [0.1, 0.15) is 5.52 Å². The zero-order valence-electron chi connectivity index (χ0n) is 7.50. The third-order valence-corrected chi connectivity index (χ3v) is 1.28. The Kier molecular flexibility index (Phi) is 2.74. The quantitative estimate of drug-likeness (QED) is 0.644. The van der Waals surface area contributed by atoms with Crippen molar-refractivity contribution in [3.05, 3.63) is 18.1 Å². The summed E-state index contributed by atoms with van der Waals surface area (Å²) in [6, 6.07) is 0. The molecule has 0 saturated heterocycles. The minimum Gasteiger partial charge on any atom is -0.259 e. The lowest BCUT2D eigenvalue weighted by Gasteiger charge is -1.87. The van der Waals surface area contributed by atoms with E-state index in [-0.39, 0.29) is 0 Å². The molecule has 0 radical (unpaired) electrons. The summed E-state index contributed by atoms with van der Waals surface area (Å²) in [6.45, 7) is 5.90. The van der Waals surface area contributed by atoms with Crippen LogP contribution in [0.5, 0.6) is 0 Å². The molecule has 4 heteroatoms. The fraction of sp³-hybridized carbons (Fsp3) is 0.375. The number of aromatic nitrogens is 4. The molecule has 0 amide bonds. The summed E-state index contributed by atoms with van der Waals surface area (Å²) in [5, 5.41) is 6.52. The van der Waals surface area contributed by atoms with Crippen LogP contribution in [-0.2, 0) is 0 Å². The molecule has 0 spiro atoms. The first-order valence-corrected chi connectivity index (χ1v) is 3.99. The van der Waals surface area contributed by atoms with E-state index in [0.717, 1.165) is 16.9 Å². The third kappa shape index (κ3) is 1.58. The summed E-state index contributed by atoms with van der Waals surface area (Å²) in [4.78, 5) is 8.24. The van der Waals surface area contributed by atoms with Gasteiger partial charge in [-0.1, -0.05) is 13.8 Å². The SMILES string of the molecule is CC.Cc1cnc2[nH]ncc2n1. The van der Waals surface area contributed by atoms with Gasteiger partial charge < -0.3 is 0 Å². The topological polar surface area (TPSA) is 54.5 Å². The standard InChI is InChI=1S/C6H6N4.C2H6/c1-4-2-7-6-5(9-4)3-8-10-6;1-2/h2-3H,1H3,(H,7,8,10);1-2H3. The summed E-state index contributed by atoms with van der Waals surface area (Å²) in [6.07, 6.45) is 3.37. The monoisotopic (exact) mass is 164 g/mol. The number of fused-ring (bicyclic) bond motifs is 1. The second kappa shape index (κ2) is 3.80. The lowest BCUT2D eigenvalue weighted by Crippen LogP contribution is -1.83. The zero-order valence-corrected chi connectivity index (χ0v) is 7.50. The largest absolute Gasteiger partial charge is 0.259 e. The van der Waals surface area contributed by atoms with Gasteiger partial charge in [0.05, 0.1) is 18.1 Å². The maximum atomic E-state index is 4.18. The molecule has 64 valence electrons. The minimum atomic E-state index is 0.741. The molecular weight excluding hydrogens is 152 g/mol. The molecule has 0 aliphatic heterocycles. The Bertz CT molecular complexity index is 353. The summed E-state index contributed by atoms with van der Waals surface area (Å²) in [7, 11) is 0. The molecule has 0 saturated carbocycles. The highest BCUT2D eigenvalue weighted by Gasteiger charge is 1.95. The molecule has 0 aliphatic carbocycles. The molecule has 2 aromatic rings. The van der Waals surface area contributed by atoms with Crippen molar-refractivity contribution < 1.29 is 0 Å². The molecule has 4 nitrogen and oxygen atoms in total. The first kappa shape index (κ1) is 8.64. The minimum absolute atomic E-state index is 0.741. The Balaban J connectivity index is 0.000000336. The van der Waals surface area contributed by atoms with E-state index < -0.39 is 0 Å². The zero-order chi connectivity index (χ0) is 8.97. The van der Waals surface area contributed by atoms with Gasteiger partial charge in [-0.2, -0.15) is 5.10 Å².